The summed E-state index contributed by atoms with van der Waals surface area (Å²) < 4.78 is 0.689. The number of hydrogen-bond donors (Lipinski definition) is 1. The highest BCUT2D eigenvalue weighted by atomic mass is 35.5. The second kappa shape index (κ2) is 5.37. The molecule has 1 N–H and O–H groups in total. The normalized spacial score (nSPS) is 23.9. The zero-order valence-corrected chi connectivity index (χ0v) is 13.6. The summed E-state index contributed by atoms with van der Waals surface area (Å²) in [6.07, 6.45) is 0. The van der Waals surface area contributed by atoms with E-state index in [9.17, 15) is 9.59 Å². The Morgan fingerprint density at radius 2 is 2.00 bits per heavy atom. The van der Waals surface area contributed by atoms with Crippen molar-refractivity contribution < 1.29 is 9.59 Å². The molecule has 110 valence electrons. The second-order valence-electron chi connectivity index (χ2n) is 6.16. The summed E-state index contributed by atoms with van der Waals surface area (Å²) in [6.45, 7) is 8.03. The molecule has 20 heavy (non-hydrogen) atoms. The van der Waals surface area contributed by atoms with Gasteiger partial charge in [-0.2, -0.15) is 0 Å². The van der Waals surface area contributed by atoms with Gasteiger partial charge < -0.3 is 10.2 Å². The molecular weight excluding hydrogens is 296 g/mol. The van der Waals surface area contributed by atoms with Crippen LogP contribution in [0, 0.1) is 5.41 Å². The number of halogens is 1. The maximum Gasteiger partial charge on any atom is 0.246 e. The molecule has 2 atom stereocenters. The lowest BCUT2D eigenvalue weighted by Gasteiger charge is -2.42. The zero-order chi connectivity index (χ0) is 15.1. The summed E-state index contributed by atoms with van der Waals surface area (Å²) >= 11 is 7.35. The quantitative estimate of drug-likeness (QED) is 0.912. The molecule has 1 aliphatic heterocycles. The molecule has 0 bridgehead atoms. The molecule has 2 rings (SSSR count). The van der Waals surface area contributed by atoms with Crippen LogP contribution in [0.4, 0.5) is 0 Å². The number of piperazine rings is 1. The molecule has 2 amide bonds. The SMILES string of the molecule is CC1C(=O)NC(C(C)(C)C)C(=O)N1Cc1ccc(Cl)s1. The molecule has 1 fully saturated rings. The number of carbonyl (C=O) groups excluding carboxylic acids is 2. The van der Waals surface area contributed by atoms with Crippen LogP contribution in [0.15, 0.2) is 12.1 Å². The monoisotopic (exact) mass is 314 g/mol. The molecule has 2 heterocycles. The van der Waals surface area contributed by atoms with Crippen molar-refractivity contribution in [2.45, 2.75) is 46.3 Å². The van der Waals surface area contributed by atoms with Crippen LogP contribution in [0.2, 0.25) is 4.34 Å². The van der Waals surface area contributed by atoms with E-state index in [0.29, 0.717) is 10.9 Å². The van der Waals surface area contributed by atoms with E-state index >= 15 is 0 Å². The summed E-state index contributed by atoms with van der Waals surface area (Å²) in [5.41, 5.74) is -0.307. The molecule has 0 spiro atoms. The van der Waals surface area contributed by atoms with Gasteiger partial charge in [-0.05, 0) is 24.5 Å². The number of amides is 2. The van der Waals surface area contributed by atoms with Gasteiger partial charge in [0.25, 0.3) is 0 Å². The van der Waals surface area contributed by atoms with Crippen LogP contribution in [0.3, 0.4) is 0 Å². The third-order valence-corrected chi connectivity index (χ3v) is 4.70. The Morgan fingerprint density at radius 1 is 1.35 bits per heavy atom. The molecule has 1 aromatic rings. The molecule has 0 saturated carbocycles. The minimum Gasteiger partial charge on any atom is -0.342 e. The largest absolute Gasteiger partial charge is 0.342 e. The summed E-state index contributed by atoms with van der Waals surface area (Å²) in [5, 5.41) is 2.82. The average Bonchev–Trinajstić information content (AvgIpc) is 2.73. The van der Waals surface area contributed by atoms with Crippen LogP contribution in [0.1, 0.15) is 32.6 Å². The molecule has 1 saturated heterocycles. The Morgan fingerprint density at radius 3 is 2.50 bits per heavy atom. The van der Waals surface area contributed by atoms with Gasteiger partial charge in [-0.1, -0.05) is 32.4 Å². The highest BCUT2D eigenvalue weighted by Crippen LogP contribution is 2.28. The van der Waals surface area contributed by atoms with Gasteiger partial charge in [0.1, 0.15) is 12.1 Å². The van der Waals surface area contributed by atoms with E-state index in [-0.39, 0.29) is 17.2 Å². The molecule has 2 unspecified atom stereocenters. The topological polar surface area (TPSA) is 49.4 Å². The number of carbonyl (C=O) groups is 2. The van der Waals surface area contributed by atoms with Crippen molar-refractivity contribution in [1.82, 2.24) is 10.2 Å². The van der Waals surface area contributed by atoms with E-state index < -0.39 is 12.1 Å². The van der Waals surface area contributed by atoms with E-state index in [4.69, 9.17) is 11.6 Å². The van der Waals surface area contributed by atoms with Crippen LogP contribution in [-0.2, 0) is 16.1 Å². The molecule has 0 radical (unpaired) electrons. The minimum absolute atomic E-state index is 0.0332. The highest BCUT2D eigenvalue weighted by molar-refractivity contribution is 7.16. The smallest absolute Gasteiger partial charge is 0.246 e. The van der Waals surface area contributed by atoms with Gasteiger partial charge >= 0.3 is 0 Å². The van der Waals surface area contributed by atoms with Crippen LogP contribution in [-0.4, -0.2) is 28.8 Å². The third kappa shape index (κ3) is 2.99. The molecule has 0 aromatic carbocycles. The van der Waals surface area contributed by atoms with Gasteiger partial charge in [0, 0.05) is 4.88 Å². The molecule has 1 aromatic heterocycles. The molecule has 1 aliphatic rings. The first-order chi connectivity index (χ1) is 9.20. The van der Waals surface area contributed by atoms with Crippen molar-refractivity contribution in [3.05, 3.63) is 21.3 Å². The first kappa shape index (κ1) is 15.3. The molecular formula is C14H19ClN2O2S. The standard InChI is InChI=1S/C14H19ClN2O2S/c1-8-12(18)16-11(14(2,3)4)13(19)17(8)7-9-5-6-10(15)20-9/h5-6,8,11H,7H2,1-4H3,(H,16,18). The Bertz CT molecular complexity index is 536. The van der Waals surface area contributed by atoms with E-state index in [0.717, 1.165) is 4.88 Å². The lowest BCUT2D eigenvalue weighted by molar-refractivity contribution is -0.152. The fourth-order valence-electron chi connectivity index (χ4n) is 2.23. The fourth-order valence-corrected chi connectivity index (χ4v) is 3.32. The second-order valence-corrected chi connectivity index (χ2v) is 7.96. The van der Waals surface area contributed by atoms with Crippen LogP contribution < -0.4 is 5.32 Å². The Kier molecular flexibility index (Phi) is 4.12. The summed E-state index contributed by atoms with van der Waals surface area (Å²) in [7, 11) is 0. The first-order valence-corrected chi connectivity index (χ1v) is 7.74. The predicted molar refractivity (Wildman–Crippen MR) is 80.7 cm³/mol. The van der Waals surface area contributed by atoms with Crippen molar-refractivity contribution in [2.24, 2.45) is 5.41 Å². The maximum absolute atomic E-state index is 12.6. The zero-order valence-electron chi connectivity index (χ0n) is 12.1. The third-order valence-electron chi connectivity index (χ3n) is 3.48. The number of nitrogens with one attached hydrogen (secondary N) is 1. The molecule has 6 heteroatoms. The summed E-state index contributed by atoms with van der Waals surface area (Å²) in [6, 6.07) is 2.76. The van der Waals surface area contributed by atoms with Gasteiger partial charge in [-0.15, -0.1) is 11.3 Å². The highest BCUT2D eigenvalue weighted by Gasteiger charge is 2.43. The van der Waals surface area contributed by atoms with Crippen molar-refractivity contribution in [3.8, 4) is 0 Å². The van der Waals surface area contributed by atoms with Crippen LogP contribution in [0.25, 0.3) is 0 Å². The number of rotatable bonds is 2. The van der Waals surface area contributed by atoms with Crippen molar-refractivity contribution in [2.75, 3.05) is 0 Å². The van der Waals surface area contributed by atoms with Gasteiger partial charge in [-0.25, -0.2) is 0 Å². The first-order valence-electron chi connectivity index (χ1n) is 6.55. The average molecular weight is 315 g/mol. The minimum atomic E-state index is -0.485. The van der Waals surface area contributed by atoms with Crippen molar-refractivity contribution in [1.29, 1.82) is 0 Å². The van der Waals surface area contributed by atoms with E-state index in [1.807, 2.05) is 32.9 Å². The van der Waals surface area contributed by atoms with Gasteiger partial charge in [0.05, 0.1) is 10.9 Å². The number of thiophene rings is 1. The van der Waals surface area contributed by atoms with Gasteiger partial charge in [0.15, 0.2) is 0 Å². The van der Waals surface area contributed by atoms with Crippen molar-refractivity contribution >= 4 is 34.8 Å². The Balaban J connectivity index is 2.24. The lowest BCUT2D eigenvalue weighted by atomic mass is 9.84. The van der Waals surface area contributed by atoms with Gasteiger partial charge in [-0.3, -0.25) is 9.59 Å². The Labute approximate surface area is 128 Å². The van der Waals surface area contributed by atoms with E-state index in [1.54, 1.807) is 11.8 Å². The predicted octanol–water partition coefficient (Wildman–Crippen LogP) is 2.66. The molecule has 4 nitrogen and oxygen atoms in total. The number of nitrogens with zero attached hydrogens (tertiary/aromatic N) is 1. The lowest BCUT2D eigenvalue weighted by Crippen LogP contribution is -2.65. The maximum atomic E-state index is 12.6. The van der Waals surface area contributed by atoms with Crippen LogP contribution >= 0.6 is 22.9 Å². The molecule has 0 aliphatic carbocycles. The van der Waals surface area contributed by atoms with Gasteiger partial charge in [0.2, 0.25) is 11.8 Å². The van der Waals surface area contributed by atoms with Crippen molar-refractivity contribution in [3.63, 3.8) is 0 Å². The van der Waals surface area contributed by atoms with Crippen LogP contribution in [0.5, 0.6) is 0 Å². The Hall–Kier alpha value is -1.07. The van der Waals surface area contributed by atoms with E-state index in [2.05, 4.69) is 5.32 Å². The summed E-state index contributed by atoms with van der Waals surface area (Å²) in [4.78, 5) is 27.3. The van der Waals surface area contributed by atoms with E-state index in [1.165, 1.54) is 11.3 Å². The fraction of sp³-hybridized carbons (Fsp3) is 0.571. The number of hydrogen-bond acceptors (Lipinski definition) is 3. The summed E-state index contributed by atoms with van der Waals surface area (Å²) in [5.74, 6) is -0.138.